The van der Waals surface area contributed by atoms with Crippen molar-refractivity contribution in [2.75, 3.05) is 43.6 Å². The number of anilines is 2. The topological polar surface area (TPSA) is 105 Å². The van der Waals surface area contributed by atoms with Gasteiger partial charge in [0.05, 0.1) is 13.2 Å². The van der Waals surface area contributed by atoms with Crippen LogP contribution in [0.1, 0.15) is 6.42 Å². The van der Waals surface area contributed by atoms with E-state index in [-0.39, 0.29) is 5.91 Å². The summed E-state index contributed by atoms with van der Waals surface area (Å²) in [5.74, 6) is 6.53. The molecule has 20 heavy (non-hydrogen) atoms. The summed E-state index contributed by atoms with van der Waals surface area (Å²) in [4.78, 5) is 21.8. The van der Waals surface area contributed by atoms with E-state index in [0.717, 1.165) is 0 Å². The predicted molar refractivity (Wildman–Crippen MR) is 78.0 cm³/mol. The van der Waals surface area contributed by atoms with Gasteiger partial charge in [0.15, 0.2) is 5.82 Å². The third-order valence-corrected chi connectivity index (χ3v) is 3.67. The summed E-state index contributed by atoms with van der Waals surface area (Å²) in [6.45, 7) is 3.05. The van der Waals surface area contributed by atoms with Crippen molar-refractivity contribution < 1.29 is 9.53 Å². The van der Waals surface area contributed by atoms with Crippen LogP contribution in [-0.2, 0) is 9.53 Å². The van der Waals surface area contributed by atoms with Gasteiger partial charge < -0.3 is 20.4 Å². The molecule has 110 valence electrons. The van der Waals surface area contributed by atoms with Crippen molar-refractivity contribution in [2.24, 2.45) is 5.84 Å². The highest BCUT2D eigenvalue weighted by Gasteiger charge is 2.16. The molecule has 1 aliphatic heterocycles. The van der Waals surface area contributed by atoms with E-state index < -0.39 is 0 Å². The molecule has 2 heterocycles. The van der Waals surface area contributed by atoms with Crippen molar-refractivity contribution in [3.63, 3.8) is 0 Å². The molecule has 2 rings (SSSR count). The molecule has 1 aromatic rings. The van der Waals surface area contributed by atoms with Crippen molar-refractivity contribution in [2.45, 2.75) is 6.42 Å². The number of halogens is 1. The highest BCUT2D eigenvalue weighted by molar-refractivity contribution is 9.10. The number of hydrazine groups is 1. The maximum absolute atomic E-state index is 11.9. The van der Waals surface area contributed by atoms with E-state index in [0.29, 0.717) is 55.4 Å². The van der Waals surface area contributed by atoms with Gasteiger partial charge in [-0.1, -0.05) is 0 Å². The zero-order valence-electron chi connectivity index (χ0n) is 10.9. The zero-order chi connectivity index (χ0) is 14.4. The molecule has 0 aliphatic carbocycles. The fourth-order valence-corrected chi connectivity index (χ4v) is 2.31. The van der Waals surface area contributed by atoms with Gasteiger partial charge in [-0.15, -0.1) is 0 Å². The zero-order valence-corrected chi connectivity index (χ0v) is 12.5. The van der Waals surface area contributed by atoms with Crippen LogP contribution >= 0.6 is 15.9 Å². The van der Waals surface area contributed by atoms with Crippen molar-refractivity contribution in [1.29, 1.82) is 0 Å². The Hall–Kier alpha value is -1.45. The molecule has 1 saturated heterocycles. The molecule has 1 fully saturated rings. The lowest BCUT2D eigenvalue weighted by Gasteiger charge is -2.26. The molecule has 0 saturated carbocycles. The van der Waals surface area contributed by atoms with E-state index in [1.54, 1.807) is 0 Å². The first-order valence-electron chi connectivity index (χ1n) is 6.29. The number of carbonyl (C=O) groups is 1. The van der Waals surface area contributed by atoms with Crippen molar-refractivity contribution in [1.82, 2.24) is 14.9 Å². The van der Waals surface area contributed by atoms with Crippen LogP contribution in [0, 0.1) is 0 Å². The van der Waals surface area contributed by atoms with E-state index in [1.807, 2.05) is 4.90 Å². The smallest absolute Gasteiger partial charge is 0.224 e. The molecule has 0 spiro atoms. The van der Waals surface area contributed by atoms with Crippen LogP contribution in [0.5, 0.6) is 0 Å². The first kappa shape index (κ1) is 14.9. The molecule has 0 unspecified atom stereocenters. The fraction of sp³-hybridized carbons (Fsp3) is 0.545. The summed E-state index contributed by atoms with van der Waals surface area (Å²) in [5, 5.41) is 3.09. The Labute approximate surface area is 125 Å². The van der Waals surface area contributed by atoms with Crippen molar-refractivity contribution in [3.8, 4) is 0 Å². The lowest BCUT2D eigenvalue weighted by Crippen LogP contribution is -2.41. The van der Waals surface area contributed by atoms with Gasteiger partial charge in [-0.25, -0.2) is 15.8 Å². The number of hydrogen-bond donors (Lipinski definition) is 3. The molecule has 0 bridgehead atoms. The normalized spacial score (nSPS) is 15.0. The molecular formula is C11H17BrN6O2. The Bertz CT molecular complexity index is 466. The largest absolute Gasteiger partial charge is 0.378 e. The minimum absolute atomic E-state index is 0.114. The van der Waals surface area contributed by atoms with Gasteiger partial charge in [-0.3, -0.25) is 4.79 Å². The van der Waals surface area contributed by atoms with Gasteiger partial charge in [-0.2, -0.15) is 0 Å². The Kier molecular flexibility index (Phi) is 5.50. The predicted octanol–water partition coefficient (Wildman–Crippen LogP) is 0.185. The van der Waals surface area contributed by atoms with Gasteiger partial charge in [0.25, 0.3) is 0 Å². The highest BCUT2D eigenvalue weighted by Crippen LogP contribution is 2.25. The number of nitrogens with zero attached hydrogens (tertiary/aromatic N) is 3. The second kappa shape index (κ2) is 7.36. The van der Waals surface area contributed by atoms with Crippen LogP contribution < -0.4 is 16.6 Å². The minimum Gasteiger partial charge on any atom is -0.378 e. The van der Waals surface area contributed by atoms with Gasteiger partial charge >= 0.3 is 0 Å². The summed E-state index contributed by atoms with van der Waals surface area (Å²) in [7, 11) is 0. The Morgan fingerprint density at radius 1 is 1.40 bits per heavy atom. The van der Waals surface area contributed by atoms with E-state index in [1.165, 1.54) is 6.33 Å². The first-order chi connectivity index (χ1) is 9.72. The average Bonchev–Trinajstić information content (AvgIpc) is 2.49. The van der Waals surface area contributed by atoms with E-state index in [9.17, 15) is 4.79 Å². The molecule has 1 amide bonds. The number of nitrogen functional groups attached to an aromatic ring is 1. The molecule has 0 radical (unpaired) electrons. The molecule has 0 atom stereocenters. The van der Waals surface area contributed by atoms with Crippen LogP contribution in [-0.4, -0.2) is 53.6 Å². The number of hydrogen-bond acceptors (Lipinski definition) is 7. The second-order valence-corrected chi connectivity index (χ2v) is 4.99. The lowest BCUT2D eigenvalue weighted by molar-refractivity contribution is -0.134. The Morgan fingerprint density at radius 3 is 2.80 bits per heavy atom. The first-order valence-corrected chi connectivity index (χ1v) is 7.08. The maximum atomic E-state index is 11.9. The van der Waals surface area contributed by atoms with Crippen LogP contribution in [0.4, 0.5) is 11.6 Å². The quantitative estimate of drug-likeness (QED) is 0.517. The molecule has 4 N–H and O–H groups in total. The molecule has 0 aromatic carbocycles. The molecule has 1 aliphatic rings. The number of aromatic nitrogens is 2. The summed E-state index contributed by atoms with van der Waals surface area (Å²) in [5.41, 5.74) is 2.46. The highest BCUT2D eigenvalue weighted by atomic mass is 79.9. The number of ether oxygens (including phenoxy) is 1. The molecule has 1 aromatic heterocycles. The maximum Gasteiger partial charge on any atom is 0.224 e. The summed E-state index contributed by atoms with van der Waals surface area (Å²) >= 11 is 3.34. The molecule has 8 nitrogen and oxygen atoms in total. The van der Waals surface area contributed by atoms with Crippen LogP contribution in [0.15, 0.2) is 10.8 Å². The van der Waals surface area contributed by atoms with E-state index in [2.05, 4.69) is 36.6 Å². The molecule has 9 heteroatoms. The third kappa shape index (κ3) is 3.78. The summed E-state index contributed by atoms with van der Waals surface area (Å²) < 4.78 is 5.85. The summed E-state index contributed by atoms with van der Waals surface area (Å²) in [6.07, 6.45) is 1.80. The Balaban J connectivity index is 1.82. The van der Waals surface area contributed by atoms with Crippen molar-refractivity contribution >= 4 is 33.5 Å². The summed E-state index contributed by atoms with van der Waals surface area (Å²) in [6, 6.07) is 0. The van der Waals surface area contributed by atoms with Crippen LogP contribution in [0.25, 0.3) is 0 Å². The SMILES string of the molecule is NNc1ncnc(NCCC(=O)N2CCOCC2)c1Br. The molecular weight excluding hydrogens is 328 g/mol. The number of nitrogens with two attached hydrogens (primary N) is 1. The monoisotopic (exact) mass is 344 g/mol. The number of amides is 1. The second-order valence-electron chi connectivity index (χ2n) is 4.20. The van der Waals surface area contributed by atoms with Crippen LogP contribution in [0.2, 0.25) is 0 Å². The Morgan fingerprint density at radius 2 is 2.10 bits per heavy atom. The van der Waals surface area contributed by atoms with Gasteiger partial charge in [0, 0.05) is 26.1 Å². The average molecular weight is 345 g/mol. The third-order valence-electron chi connectivity index (χ3n) is 2.92. The number of rotatable bonds is 5. The van der Waals surface area contributed by atoms with Crippen LogP contribution in [0.3, 0.4) is 0 Å². The number of morpholine rings is 1. The number of nitrogens with one attached hydrogen (secondary N) is 2. The van der Waals surface area contributed by atoms with Gasteiger partial charge in [0.2, 0.25) is 5.91 Å². The van der Waals surface area contributed by atoms with E-state index >= 15 is 0 Å². The van der Waals surface area contributed by atoms with Gasteiger partial charge in [-0.05, 0) is 15.9 Å². The van der Waals surface area contributed by atoms with Gasteiger partial charge in [0.1, 0.15) is 16.6 Å². The minimum atomic E-state index is 0.114. The number of carbonyl (C=O) groups excluding carboxylic acids is 1. The lowest BCUT2D eigenvalue weighted by atomic mass is 10.3. The van der Waals surface area contributed by atoms with E-state index in [4.69, 9.17) is 10.6 Å². The fourth-order valence-electron chi connectivity index (χ4n) is 1.85. The van der Waals surface area contributed by atoms with Crippen molar-refractivity contribution in [3.05, 3.63) is 10.8 Å². The standard InChI is InChI=1S/C11H17BrN6O2/c12-9-10(15-7-16-11(9)17-13)14-2-1-8(19)18-3-5-20-6-4-18/h7H,1-6,13H2,(H2,14,15,16,17).